The summed E-state index contributed by atoms with van der Waals surface area (Å²) < 4.78 is 15.8. The summed E-state index contributed by atoms with van der Waals surface area (Å²) in [5.41, 5.74) is 0.220. The second-order valence-electron chi connectivity index (χ2n) is 5.56. The van der Waals surface area contributed by atoms with Crippen LogP contribution in [0.5, 0.6) is 17.2 Å². The molecule has 0 aromatic heterocycles. The zero-order valence-electron chi connectivity index (χ0n) is 13.2. The number of carbonyl (C=O) groups is 1. The number of carbonyl (C=O) groups excluding carboxylic acids is 1. The summed E-state index contributed by atoms with van der Waals surface area (Å²) in [5, 5.41) is 1.99. The fraction of sp³-hybridized carbons (Fsp3) is 0.533. The minimum atomic E-state index is -0.849. The van der Waals surface area contributed by atoms with E-state index in [2.05, 4.69) is 5.32 Å². The van der Waals surface area contributed by atoms with Crippen LogP contribution in [0.4, 0.5) is 0 Å². The minimum Gasteiger partial charge on any atom is -0.493 e. The predicted molar refractivity (Wildman–Crippen MR) is 82.6 cm³/mol. The van der Waals surface area contributed by atoms with Gasteiger partial charge in [0.15, 0.2) is 11.5 Å². The molecule has 0 radical (unpaired) electrons. The molecular formula is C15H22ClNO4. The SMILES string of the molecule is COc1cc(C(Cl)C(=O)NC(C)(C)C)cc(OC)c1OC. The van der Waals surface area contributed by atoms with Crippen LogP contribution in [0.1, 0.15) is 31.7 Å². The van der Waals surface area contributed by atoms with Gasteiger partial charge in [0.1, 0.15) is 5.38 Å². The molecule has 6 heteroatoms. The van der Waals surface area contributed by atoms with Crippen molar-refractivity contribution in [3.05, 3.63) is 17.7 Å². The van der Waals surface area contributed by atoms with Crippen molar-refractivity contribution >= 4 is 17.5 Å². The minimum absolute atomic E-state index is 0.279. The van der Waals surface area contributed by atoms with Gasteiger partial charge in [0.25, 0.3) is 0 Å². The molecule has 0 bridgehead atoms. The summed E-state index contributed by atoms with van der Waals surface area (Å²) in [6, 6.07) is 3.34. The topological polar surface area (TPSA) is 56.8 Å². The van der Waals surface area contributed by atoms with Gasteiger partial charge in [-0.25, -0.2) is 0 Å². The van der Waals surface area contributed by atoms with Gasteiger partial charge in [0.2, 0.25) is 11.7 Å². The Balaban J connectivity index is 3.15. The van der Waals surface area contributed by atoms with E-state index in [9.17, 15) is 4.79 Å². The summed E-state index contributed by atoms with van der Waals surface area (Å²) in [4.78, 5) is 12.2. The Morgan fingerprint density at radius 3 is 1.90 bits per heavy atom. The number of alkyl halides is 1. The fourth-order valence-corrected chi connectivity index (χ4v) is 2.01. The van der Waals surface area contributed by atoms with E-state index in [1.165, 1.54) is 21.3 Å². The average Bonchev–Trinajstić information content (AvgIpc) is 2.42. The molecular weight excluding hydrogens is 294 g/mol. The molecule has 5 nitrogen and oxygen atoms in total. The van der Waals surface area contributed by atoms with Crippen LogP contribution in [0.15, 0.2) is 12.1 Å². The number of halogens is 1. The molecule has 0 saturated carbocycles. The molecule has 0 aliphatic rings. The first kappa shape index (κ1) is 17.4. The van der Waals surface area contributed by atoms with Crippen LogP contribution >= 0.6 is 11.6 Å². The number of nitrogens with one attached hydrogen (secondary N) is 1. The van der Waals surface area contributed by atoms with Gasteiger partial charge in [-0.15, -0.1) is 11.6 Å². The molecule has 0 saturated heterocycles. The van der Waals surface area contributed by atoms with Crippen molar-refractivity contribution in [1.29, 1.82) is 0 Å². The molecule has 1 amide bonds. The van der Waals surface area contributed by atoms with Gasteiger partial charge < -0.3 is 19.5 Å². The standard InChI is InChI=1S/C15H22ClNO4/c1-15(2,3)17-14(18)12(16)9-7-10(19-4)13(21-6)11(8-9)20-5/h7-8,12H,1-6H3,(H,17,18). The third-order valence-electron chi connectivity index (χ3n) is 2.71. The van der Waals surface area contributed by atoms with E-state index in [0.29, 0.717) is 22.8 Å². The van der Waals surface area contributed by atoms with E-state index in [1.807, 2.05) is 20.8 Å². The number of rotatable bonds is 5. The molecule has 118 valence electrons. The van der Waals surface area contributed by atoms with Crippen LogP contribution in [-0.4, -0.2) is 32.8 Å². The van der Waals surface area contributed by atoms with E-state index in [4.69, 9.17) is 25.8 Å². The number of hydrogen-bond acceptors (Lipinski definition) is 4. The first-order chi connectivity index (χ1) is 9.73. The van der Waals surface area contributed by atoms with Crippen LogP contribution in [0.25, 0.3) is 0 Å². The lowest BCUT2D eigenvalue weighted by Crippen LogP contribution is -2.42. The third kappa shape index (κ3) is 4.43. The van der Waals surface area contributed by atoms with Crippen LogP contribution in [0.2, 0.25) is 0 Å². The highest BCUT2D eigenvalue weighted by Crippen LogP contribution is 2.40. The number of benzene rings is 1. The molecule has 1 unspecified atom stereocenters. The Kier molecular flexibility index (Phi) is 5.72. The monoisotopic (exact) mass is 315 g/mol. The molecule has 1 rings (SSSR count). The lowest BCUT2D eigenvalue weighted by Gasteiger charge is -2.23. The smallest absolute Gasteiger partial charge is 0.243 e. The van der Waals surface area contributed by atoms with Gasteiger partial charge in [0.05, 0.1) is 21.3 Å². The normalized spacial score (nSPS) is 12.5. The quantitative estimate of drug-likeness (QED) is 0.849. The maximum absolute atomic E-state index is 12.2. The summed E-state index contributed by atoms with van der Waals surface area (Å²) in [6.45, 7) is 5.68. The maximum atomic E-state index is 12.2. The van der Waals surface area contributed by atoms with Gasteiger partial charge >= 0.3 is 0 Å². The van der Waals surface area contributed by atoms with E-state index in [1.54, 1.807) is 12.1 Å². The number of hydrogen-bond donors (Lipinski definition) is 1. The first-order valence-corrected chi connectivity index (χ1v) is 6.93. The van der Waals surface area contributed by atoms with Gasteiger partial charge in [-0.2, -0.15) is 0 Å². The number of amides is 1. The Morgan fingerprint density at radius 1 is 1.10 bits per heavy atom. The van der Waals surface area contributed by atoms with Crippen LogP contribution in [0, 0.1) is 0 Å². The van der Waals surface area contributed by atoms with Gasteiger partial charge in [-0.05, 0) is 38.5 Å². The van der Waals surface area contributed by atoms with Crippen LogP contribution < -0.4 is 19.5 Å². The zero-order valence-corrected chi connectivity index (χ0v) is 14.0. The van der Waals surface area contributed by atoms with Crippen molar-refractivity contribution in [2.24, 2.45) is 0 Å². The van der Waals surface area contributed by atoms with Crippen molar-refractivity contribution in [3.63, 3.8) is 0 Å². The average molecular weight is 316 g/mol. The Labute approximate surface area is 130 Å². The van der Waals surface area contributed by atoms with Gasteiger partial charge in [-0.3, -0.25) is 4.79 Å². The third-order valence-corrected chi connectivity index (χ3v) is 3.16. The highest BCUT2D eigenvalue weighted by Gasteiger charge is 2.25. The Morgan fingerprint density at radius 2 is 1.57 bits per heavy atom. The van der Waals surface area contributed by atoms with Crippen LogP contribution in [0.3, 0.4) is 0 Å². The predicted octanol–water partition coefficient (Wildman–Crippen LogP) is 2.91. The van der Waals surface area contributed by atoms with Crippen LogP contribution in [-0.2, 0) is 4.79 Å². The molecule has 1 aromatic rings. The molecule has 0 fully saturated rings. The summed E-state index contributed by atoms with van der Waals surface area (Å²) >= 11 is 6.25. The summed E-state index contributed by atoms with van der Waals surface area (Å²) in [7, 11) is 4.55. The maximum Gasteiger partial charge on any atom is 0.243 e. The van der Waals surface area contributed by atoms with Crippen molar-refractivity contribution in [2.75, 3.05) is 21.3 Å². The van der Waals surface area contributed by atoms with Gasteiger partial charge in [0, 0.05) is 5.54 Å². The Hall–Kier alpha value is -1.62. The molecule has 0 aliphatic carbocycles. The molecule has 0 aliphatic heterocycles. The van der Waals surface area contributed by atoms with E-state index in [-0.39, 0.29) is 11.4 Å². The highest BCUT2D eigenvalue weighted by molar-refractivity contribution is 6.30. The molecule has 1 atom stereocenters. The molecule has 21 heavy (non-hydrogen) atoms. The second-order valence-corrected chi connectivity index (χ2v) is 6.00. The van der Waals surface area contributed by atoms with Gasteiger partial charge in [-0.1, -0.05) is 0 Å². The van der Waals surface area contributed by atoms with Crippen molar-refractivity contribution < 1.29 is 19.0 Å². The molecule has 0 spiro atoms. The van der Waals surface area contributed by atoms with Crippen molar-refractivity contribution in [3.8, 4) is 17.2 Å². The Bertz CT molecular complexity index is 486. The molecule has 1 aromatic carbocycles. The summed E-state index contributed by atoms with van der Waals surface area (Å²) in [6.07, 6.45) is 0. The second kappa shape index (κ2) is 6.89. The lowest BCUT2D eigenvalue weighted by atomic mass is 10.1. The first-order valence-electron chi connectivity index (χ1n) is 6.49. The number of methoxy groups -OCH3 is 3. The van der Waals surface area contributed by atoms with E-state index in [0.717, 1.165) is 0 Å². The largest absolute Gasteiger partial charge is 0.493 e. The van der Waals surface area contributed by atoms with Crippen molar-refractivity contribution in [1.82, 2.24) is 5.32 Å². The highest BCUT2D eigenvalue weighted by atomic mass is 35.5. The van der Waals surface area contributed by atoms with E-state index >= 15 is 0 Å². The number of ether oxygens (including phenoxy) is 3. The van der Waals surface area contributed by atoms with E-state index < -0.39 is 5.38 Å². The fourth-order valence-electron chi connectivity index (χ4n) is 1.83. The zero-order chi connectivity index (χ0) is 16.2. The molecule has 1 N–H and O–H groups in total. The lowest BCUT2D eigenvalue weighted by molar-refractivity contribution is -0.122. The van der Waals surface area contributed by atoms with Crippen molar-refractivity contribution in [2.45, 2.75) is 31.7 Å². The molecule has 0 heterocycles. The summed E-state index contributed by atoms with van der Waals surface area (Å²) in [5.74, 6) is 1.10.